The van der Waals surface area contributed by atoms with Crippen molar-refractivity contribution in [2.24, 2.45) is 0 Å². The second kappa shape index (κ2) is 14.4. The van der Waals surface area contributed by atoms with E-state index in [1.807, 2.05) is 54.4 Å². The molecule has 0 bridgehead atoms. The van der Waals surface area contributed by atoms with Gasteiger partial charge in [-0.3, -0.25) is 9.59 Å². The summed E-state index contributed by atoms with van der Waals surface area (Å²) in [5.41, 5.74) is 1.37. The van der Waals surface area contributed by atoms with E-state index < -0.39 is 6.09 Å². The SMILES string of the molecule is CN(CC(CCN1CCC(CCNC(=O)O)(N2CCCCC2=O)CC1)c1ccc(Cl)c(Cl)c1)C(=O)c1ccccc1. The Morgan fingerprint density at radius 1 is 1.05 bits per heavy atom. The molecule has 0 spiro atoms. The van der Waals surface area contributed by atoms with Crippen LogP contribution in [0, 0.1) is 0 Å². The third kappa shape index (κ3) is 8.15. The number of carbonyl (C=O) groups excluding carboxylic acids is 2. The van der Waals surface area contributed by atoms with Crippen LogP contribution in [0.15, 0.2) is 48.5 Å². The van der Waals surface area contributed by atoms with Crippen LogP contribution in [0.3, 0.4) is 0 Å². The average Bonchev–Trinajstić information content (AvgIpc) is 2.97. The number of carbonyl (C=O) groups is 3. The van der Waals surface area contributed by atoms with Crippen LogP contribution in [-0.4, -0.2) is 89.6 Å². The largest absolute Gasteiger partial charge is 0.465 e. The highest BCUT2D eigenvalue weighted by molar-refractivity contribution is 6.42. The third-order valence-corrected chi connectivity index (χ3v) is 9.36. The van der Waals surface area contributed by atoms with Gasteiger partial charge in [0.25, 0.3) is 5.91 Å². The number of nitrogens with zero attached hydrogens (tertiary/aromatic N) is 3. The van der Waals surface area contributed by atoms with E-state index in [-0.39, 0.29) is 23.3 Å². The van der Waals surface area contributed by atoms with Crippen LogP contribution >= 0.6 is 23.2 Å². The summed E-state index contributed by atoms with van der Waals surface area (Å²) in [5.74, 6) is 0.211. The first-order valence-electron chi connectivity index (χ1n) is 14.4. The van der Waals surface area contributed by atoms with Crippen LogP contribution in [0.5, 0.6) is 0 Å². The Hall–Kier alpha value is -2.81. The van der Waals surface area contributed by atoms with E-state index in [1.165, 1.54) is 0 Å². The molecular weight excluding hydrogens is 563 g/mol. The van der Waals surface area contributed by atoms with Gasteiger partial charge in [-0.1, -0.05) is 47.5 Å². The van der Waals surface area contributed by atoms with Crippen molar-refractivity contribution in [1.29, 1.82) is 0 Å². The summed E-state index contributed by atoms with van der Waals surface area (Å²) in [6.07, 6.45) is 4.50. The summed E-state index contributed by atoms with van der Waals surface area (Å²) in [4.78, 5) is 43.3. The standard InChI is InChI=1S/C31H40Cl2N4O4/c1-35(29(39)23-7-3-2-4-8-23)22-25(24-10-11-26(32)27(33)21-24)12-18-36-19-14-31(15-20-36,13-16-34-30(40)41)37-17-6-5-9-28(37)38/h2-4,7-8,10-11,21,25,34H,5-6,9,12-20,22H2,1H3,(H,40,41). The molecule has 222 valence electrons. The van der Waals surface area contributed by atoms with Crippen LogP contribution in [0.2, 0.25) is 10.0 Å². The maximum atomic E-state index is 13.1. The van der Waals surface area contributed by atoms with Gasteiger partial charge in [-0.25, -0.2) is 4.79 Å². The maximum Gasteiger partial charge on any atom is 0.404 e. The summed E-state index contributed by atoms with van der Waals surface area (Å²) in [6.45, 7) is 4.09. The molecule has 2 aromatic rings. The second-order valence-electron chi connectivity index (χ2n) is 11.3. The molecule has 2 aliphatic heterocycles. The monoisotopic (exact) mass is 602 g/mol. The molecule has 0 aliphatic carbocycles. The predicted molar refractivity (Wildman–Crippen MR) is 162 cm³/mol. The topological polar surface area (TPSA) is 93.2 Å². The molecule has 2 N–H and O–H groups in total. The Kier molecular flexibility index (Phi) is 10.9. The highest BCUT2D eigenvalue weighted by Gasteiger charge is 2.42. The summed E-state index contributed by atoms with van der Waals surface area (Å²) in [5, 5.41) is 12.6. The maximum absolute atomic E-state index is 13.1. The molecule has 1 unspecified atom stereocenters. The van der Waals surface area contributed by atoms with Crippen molar-refractivity contribution < 1.29 is 19.5 Å². The molecule has 41 heavy (non-hydrogen) atoms. The number of hydrogen-bond donors (Lipinski definition) is 2. The van der Waals surface area contributed by atoms with Gasteiger partial charge in [-0.2, -0.15) is 0 Å². The fraction of sp³-hybridized carbons (Fsp3) is 0.516. The molecule has 2 aromatic carbocycles. The molecule has 10 heteroatoms. The van der Waals surface area contributed by atoms with Crippen LogP contribution in [0.25, 0.3) is 0 Å². The molecule has 1 atom stereocenters. The molecule has 8 nitrogen and oxygen atoms in total. The Labute approximate surface area is 252 Å². The van der Waals surface area contributed by atoms with E-state index in [9.17, 15) is 14.4 Å². The van der Waals surface area contributed by atoms with Crippen molar-refractivity contribution in [3.8, 4) is 0 Å². The van der Waals surface area contributed by atoms with E-state index in [0.717, 1.165) is 63.8 Å². The Morgan fingerprint density at radius 3 is 2.44 bits per heavy atom. The van der Waals surface area contributed by atoms with Gasteiger partial charge in [0.1, 0.15) is 0 Å². The summed E-state index contributed by atoms with van der Waals surface area (Å²) in [7, 11) is 1.83. The quantitative estimate of drug-likeness (QED) is 0.342. The molecule has 4 rings (SSSR count). The molecule has 3 amide bonds. The normalized spacial score (nSPS) is 18.1. The molecule has 0 saturated carbocycles. The van der Waals surface area contributed by atoms with E-state index in [1.54, 1.807) is 11.0 Å². The van der Waals surface area contributed by atoms with E-state index in [4.69, 9.17) is 28.3 Å². The lowest BCUT2D eigenvalue weighted by Gasteiger charge is -2.50. The van der Waals surface area contributed by atoms with Crippen molar-refractivity contribution >= 4 is 41.1 Å². The fourth-order valence-electron chi connectivity index (χ4n) is 6.24. The van der Waals surface area contributed by atoms with E-state index in [2.05, 4.69) is 10.2 Å². The highest BCUT2D eigenvalue weighted by atomic mass is 35.5. The Bertz CT molecular complexity index is 1200. The lowest BCUT2D eigenvalue weighted by molar-refractivity contribution is -0.143. The molecule has 0 aromatic heterocycles. The average molecular weight is 604 g/mol. The smallest absolute Gasteiger partial charge is 0.404 e. The molecule has 2 aliphatic rings. The second-order valence-corrected chi connectivity index (χ2v) is 12.1. The minimum atomic E-state index is -1.04. The molecule has 2 heterocycles. The third-order valence-electron chi connectivity index (χ3n) is 8.62. The Balaban J connectivity index is 1.43. The predicted octanol–water partition coefficient (Wildman–Crippen LogP) is 5.74. The van der Waals surface area contributed by atoms with E-state index >= 15 is 0 Å². The molecule has 2 saturated heterocycles. The first-order valence-corrected chi connectivity index (χ1v) is 15.2. The number of likely N-dealkylation sites (tertiary alicyclic amines) is 2. The van der Waals surface area contributed by atoms with Crippen molar-refractivity contribution in [3.63, 3.8) is 0 Å². The highest BCUT2D eigenvalue weighted by Crippen LogP contribution is 2.36. The number of nitrogens with one attached hydrogen (secondary N) is 1. The van der Waals surface area contributed by atoms with Crippen LogP contribution in [0.4, 0.5) is 4.79 Å². The molecular formula is C31H40Cl2N4O4. The lowest BCUT2D eigenvalue weighted by atomic mass is 9.81. The number of rotatable bonds is 11. The lowest BCUT2D eigenvalue weighted by Crippen LogP contribution is -2.59. The van der Waals surface area contributed by atoms with Gasteiger partial charge < -0.3 is 25.1 Å². The number of carboxylic acid groups (broad SMARTS) is 1. The number of piperidine rings is 2. The zero-order chi connectivity index (χ0) is 29.4. The number of likely N-dealkylation sites (N-methyl/N-ethyl adjacent to an activating group) is 1. The van der Waals surface area contributed by atoms with Gasteiger partial charge >= 0.3 is 6.09 Å². The van der Waals surface area contributed by atoms with Crippen LogP contribution in [-0.2, 0) is 4.79 Å². The van der Waals surface area contributed by atoms with Gasteiger partial charge in [-0.15, -0.1) is 0 Å². The first-order chi connectivity index (χ1) is 19.7. The van der Waals surface area contributed by atoms with Crippen molar-refractivity contribution in [3.05, 3.63) is 69.7 Å². The first kappa shape index (κ1) is 31.1. The summed E-state index contributed by atoms with van der Waals surface area (Å²) < 4.78 is 0. The van der Waals surface area contributed by atoms with Gasteiger partial charge in [0, 0.05) is 63.2 Å². The van der Waals surface area contributed by atoms with Crippen molar-refractivity contribution in [2.45, 2.75) is 56.4 Å². The van der Waals surface area contributed by atoms with Gasteiger partial charge in [0.05, 0.1) is 10.0 Å². The van der Waals surface area contributed by atoms with Gasteiger partial charge in [-0.05, 0) is 74.9 Å². The van der Waals surface area contributed by atoms with Crippen molar-refractivity contribution in [1.82, 2.24) is 20.0 Å². The number of hydrogen-bond acceptors (Lipinski definition) is 4. The summed E-state index contributed by atoms with van der Waals surface area (Å²) >= 11 is 12.6. The fourth-order valence-corrected chi connectivity index (χ4v) is 6.55. The minimum absolute atomic E-state index is 0.0282. The minimum Gasteiger partial charge on any atom is -0.465 e. The molecule has 0 radical (unpaired) electrons. The van der Waals surface area contributed by atoms with Crippen LogP contribution in [0.1, 0.15) is 66.8 Å². The zero-order valence-electron chi connectivity index (χ0n) is 23.7. The van der Waals surface area contributed by atoms with Gasteiger partial charge in [0.15, 0.2) is 0 Å². The zero-order valence-corrected chi connectivity index (χ0v) is 25.2. The summed E-state index contributed by atoms with van der Waals surface area (Å²) in [6, 6.07) is 15.0. The number of amides is 3. The van der Waals surface area contributed by atoms with Crippen LogP contribution < -0.4 is 5.32 Å². The van der Waals surface area contributed by atoms with Crippen molar-refractivity contribution in [2.75, 3.05) is 46.3 Å². The molecule has 2 fully saturated rings. The van der Waals surface area contributed by atoms with Gasteiger partial charge in [0.2, 0.25) is 5.91 Å². The van der Waals surface area contributed by atoms with E-state index in [0.29, 0.717) is 41.5 Å². The number of halogens is 2. The Morgan fingerprint density at radius 2 is 1.78 bits per heavy atom. The number of benzene rings is 2.